The number of methoxy groups -OCH3 is 1. The molecule has 1 aromatic rings. The number of ether oxygens (including phenoxy) is 1. The van der Waals surface area contributed by atoms with Crippen molar-refractivity contribution in [3.63, 3.8) is 0 Å². The van der Waals surface area contributed by atoms with Gasteiger partial charge in [0.1, 0.15) is 6.54 Å². The van der Waals surface area contributed by atoms with E-state index in [1.165, 1.54) is 13.3 Å². The van der Waals surface area contributed by atoms with Gasteiger partial charge in [-0.2, -0.15) is 18.2 Å². The number of hydrogen-bond acceptors (Lipinski definition) is 4. The Morgan fingerprint density at radius 2 is 2.17 bits per heavy atom. The summed E-state index contributed by atoms with van der Waals surface area (Å²) < 4.78 is 42.6. The first-order chi connectivity index (χ1) is 8.37. The Morgan fingerprint density at radius 3 is 2.67 bits per heavy atom. The molecule has 0 atom stereocenters. The van der Waals surface area contributed by atoms with Crippen molar-refractivity contribution in [2.75, 3.05) is 31.0 Å². The van der Waals surface area contributed by atoms with Gasteiger partial charge in [-0.1, -0.05) is 0 Å². The molecule has 0 fully saturated rings. The van der Waals surface area contributed by atoms with Crippen molar-refractivity contribution < 1.29 is 17.9 Å². The molecule has 0 amide bonds. The molecule has 18 heavy (non-hydrogen) atoms. The summed E-state index contributed by atoms with van der Waals surface area (Å²) in [6.45, 7) is -1.17. The topological polar surface area (TPSA) is 38.2 Å². The van der Waals surface area contributed by atoms with Gasteiger partial charge < -0.3 is 9.64 Å². The van der Waals surface area contributed by atoms with Gasteiger partial charge in [-0.15, -0.1) is 11.6 Å². The highest BCUT2D eigenvalue weighted by molar-refractivity contribution is 9.10. The second-order valence-corrected chi connectivity index (χ2v) is 4.49. The van der Waals surface area contributed by atoms with Crippen LogP contribution in [0.1, 0.15) is 0 Å². The molecule has 0 unspecified atom stereocenters. The minimum absolute atomic E-state index is 0.00808. The lowest BCUT2D eigenvalue weighted by Gasteiger charge is -2.23. The molecule has 0 aliphatic rings. The Labute approximate surface area is 115 Å². The van der Waals surface area contributed by atoms with E-state index in [1.807, 2.05) is 0 Å². The van der Waals surface area contributed by atoms with Gasteiger partial charge in [0.05, 0.1) is 17.8 Å². The van der Waals surface area contributed by atoms with Crippen molar-refractivity contribution >= 4 is 33.5 Å². The molecule has 0 saturated carbocycles. The molecule has 1 aromatic heterocycles. The number of hydrogen-bond donors (Lipinski definition) is 0. The van der Waals surface area contributed by atoms with Gasteiger partial charge in [-0.25, -0.2) is 4.98 Å². The summed E-state index contributed by atoms with van der Waals surface area (Å²) in [7, 11) is 1.37. The number of rotatable bonds is 5. The number of halogens is 5. The Kier molecular flexibility index (Phi) is 5.46. The van der Waals surface area contributed by atoms with Gasteiger partial charge in [-0.3, -0.25) is 0 Å². The van der Waals surface area contributed by atoms with E-state index in [1.54, 1.807) is 0 Å². The van der Waals surface area contributed by atoms with E-state index >= 15 is 0 Å². The number of alkyl halides is 4. The SMILES string of the molecule is COc1nc(N(CCCl)CC(F)(F)F)ncc1Br. The second kappa shape index (κ2) is 6.42. The largest absolute Gasteiger partial charge is 0.480 e. The number of nitrogens with zero attached hydrogens (tertiary/aromatic N) is 3. The molecule has 1 heterocycles. The van der Waals surface area contributed by atoms with Gasteiger partial charge in [0.2, 0.25) is 11.8 Å². The molecule has 1 rings (SSSR count). The summed E-state index contributed by atoms with van der Waals surface area (Å²) in [4.78, 5) is 8.65. The summed E-state index contributed by atoms with van der Waals surface area (Å²) >= 11 is 8.60. The highest BCUT2D eigenvalue weighted by Crippen LogP contribution is 2.25. The first-order valence-corrected chi connectivity index (χ1v) is 6.14. The van der Waals surface area contributed by atoms with Crippen molar-refractivity contribution in [1.82, 2.24) is 9.97 Å². The molecular formula is C9H10BrClF3N3O. The first-order valence-electron chi connectivity index (χ1n) is 4.81. The average molecular weight is 349 g/mol. The van der Waals surface area contributed by atoms with Gasteiger partial charge in [0.25, 0.3) is 0 Å². The zero-order chi connectivity index (χ0) is 13.8. The van der Waals surface area contributed by atoms with Crippen molar-refractivity contribution in [2.24, 2.45) is 0 Å². The van der Waals surface area contributed by atoms with Crippen LogP contribution in [0.5, 0.6) is 5.88 Å². The van der Waals surface area contributed by atoms with Crippen molar-refractivity contribution in [2.45, 2.75) is 6.18 Å². The van der Waals surface area contributed by atoms with E-state index in [-0.39, 0.29) is 24.3 Å². The van der Waals surface area contributed by atoms with E-state index in [9.17, 15) is 13.2 Å². The van der Waals surface area contributed by atoms with Crippen molar-refractivity contribution in [3.8, 4) is 5.88 Å². The zero-order valence-corrected chi connectivity index (χ0v) is 11.7. The molecule has 0 bridgehead atoms. The predicted octanol–water partition coefficient (Wildman–Crippen LogP) is 2.86. The predicted molar refractivity (Wildman–Crippen MR) is 65.3 cm³/mol. The van der Waals surface area contributed by atoms with Crippen LogP contribution in [0.2, 0.25) is 0 Å². The zero-order valence-electron chi connectivity index (χ0n) is 9.34. The van der Waals surface area contributed by atoms with Crippen LogP contribution in [0.4, 0.5) is 19.1 Å². The minimum atomic E-state index is -4.35. The molecule has 102 valence electrons. The average Bonchev–Trinajstić information content (AvgIpc) is 2.27. The van der Waals surface area contributed by atoms with E-state index in [0.717, 1.165) is 4.90 Å². The third-order valence-electron chi connectivity index (χ3n) is 1.90. The number of anilines is 1. The van der Waals surface area contributed by atoms with E-state index in [0.29, 0.717) is 4.47 Å². The van der Waals surface area contributed by atoms with Gasteiger partial charge in [0.15, 0.2) is 0 Å². The smallest absolute Gasteiger partial charge is 0.406 e. The van der Waals surface area contributed by atoms with Crippen LogP contribution in [-0.4, -0.2) is 42.2 Å². The minimum Gasteiger partial charge on any atom is -0.480 e. The first kappa shape index (κ1) is 15.3. The third-order valence-corrected chi connectivity index (χ3v) is 2.61. The fourth-order valence-corrected chi connectivity index (χ4v) is 1.76. The van der Waals surface area contributed by atoms with Crippen molar-refractivity contribution in [1.29, 1.82) is 0 Å². The number of aromatic nitrogens is 2. The molecule has 0 aliphatic heterocycles. The van der Waals surface area contributed by atoms with Crippen LogP contribution in [0.3, 0.4) is 0 Å². The normalized spacial score (nSPS) is 11.4. The van der Waals surface area contributed by atoms with Gasteiger partial charge in [0, 0.05) is 12.4 Å². The molecule has 0 spiro atoms. The molecule has 0 saturated heterocycles. The maximum Gasteiger partial charge on any atom is 0.406 e. The van der Waals surface area contributed by atoms with Crippen LogP contribution in [0, 0.1) is 0 Å². The van der Waals surface area contributed by atoms with E-state index in [4.69, 9.17) is 16.3 Å². The van der Waals surface area contributed by atoms with Crippen LogP contribution >= 0.6 is 27.5 Å². The maximum absolute atomic E-state index is 12.4. The molecule has 0 N–H and O–H groups in total. The Morgan fingerprint density at radius 1 is 1.50 bits per heavy atom. The second-order valence-electron chi connectivity index (χ2n) is 3.25. The molecule has 0 aromatic carbocycles. The van der Waals surface area contributed by atoms with E-state index < -0.39 is 12.7 Å². The summed E-state index contributed by atoms with van der Waals surface area (Å²) in [6, 6.07) is 0. The fraction of sp³-hybridized carbons (Fsp3) is 0.556. The lowest BCUT2D eigenvalue weighted by Crippen LogP contribution is -2.36. The van der Waals surface area contributed by atoms with Crippen LogP contribution in [0.15, 0.2) is 10.7 Å². The van der Waals surface area contributed by atoms with E-state index in [2.05, 4.69) is 25.9 Å². The molecule has 9 heteroatoms. The van der Waals surface area contributed by atoms with Gasteiger partial charge >= 0.3 is 6.18 Å². The quantitative estimate of drug-likeness (QED) is 0.767. The van der Waals surface area contributed by atoms with Crippen LogP contribution < -0.4 is 9.64 Å². The Hall–Kier alpha value is -0.760. The molecule has 0 aliphatic carbocycles. The highest BCUT2D eigenvalue weighted by atomic mass is 79.9. The monoisotopic (exact) mass is 347 g/mol. The van der Waals surface area contributed by atoms with Crippen molar-refractivity contribution in [3.05, 3.63) is 10.7 Å². The highest BCUT2D eigenvalue weighted by Gasteiger charge is 2.32. The Balaban J connectivity index is 2.98. The fourth-order valence-electron chi connectivity index (χ4n) is 1.21. The lowest BCUT2D eigenvalue weighted by molar-refractivity contribution is -0.119. The molecular weight excluding hydrogens is 338 g/mol. The summed E-state index contributed by atoms with van der Waals surface area (Å²) in [6.07, 6.45) is -3.02. The third kappa shape index (κ3) is 4.49. The van der Waals surface area contributed by atoms with Gasteiger partial charge in [-0.05, 0) is 15.9 Å². The molecule has 0 radical (unpaired) electrons. The standard InChI is InChI=1S/C9H10BrClF3N3O/c1-18-7-6(10)4-15-8(16-7)17(3-2-11)5-9(12,13)14/h4H,2-3,5H2,1H3. The van der Waals surface area contributed by atoms with Crippen LogP contribution in [-0.2, 0) is 0 Å². The summed E-state index contributed by atoms with van der Waals surface area (Å²) in [5.41, 5.74) is 0. The summed E-state index contributed by atoms with van der Waals surface area (Å²) in [5, 5.41) is 0. The van der Waals surface area contributed by atoms with Crippen LogP contribution in [0.25, 0.3) is 0 Å². The lowest BCUT2D eigenvalue weighted by atomic mass is 10.5. The molecule has 4 nitrogen and oxygen atoms in total. The Bertz CT molecular complexity index is 405. The maximum atomic E-state index is 12.4. The summed E-state index contributed by atoms with van der Waals surface area (Å²) in [5.74, 6) is 0.132.